The Hall–Kier alpha value is -2.68. The van der Waals surface area contributed by atoms with Gasteiger partial charge in [-0.2, -0.15) is 0 Å². The number of thioether (sulfide) groups is 1. The number of rotatable bonds is 9. The highest BCUT2D eigenvalue weighted by molar-refractivity contribution is 8.01. The standard InChI is InChI=1S/C25H26N2O4S2/c1-16-2-4-18-5-3-17(13-19(18)12-16)14-21(28)8-6-20-7-9-23(29)27(20)10-11-32-25-26-22(15-33-25)24(30)31/h2-6,8,12-13,15,20-21,28H,7,9-11,14H2,1H3,(H,30,31)/b8-6+/t20-,21+/m0/s1. The zero-order chi connectivity index (χ0) is 23.4. The Morgan fingerprint density at radius 1 is 1.30 bits per heavy atom. The van der Waals surface area contributed by atoms with Crippen molar-refractivity contribution >= 4 is 45.7 Å². The maximum absolute atomic E-state index is 12.3. The molecule has 0 unspecified atom stereocenters. The van der Waals surface area contributed by atoms with Crippen LogP contribution in [0.2, 0.25) is 0 Å². The van der Waals surface area contributed by atoms with Gasteiger partial charge in [-0.15, -0.1) is 11.3 Å². The summed E-state index contributed by atoms with van der Waals surface area (Å²) in [7, 11) is 0. The van der Waals surface area contributed by atoms with Crippen molar-refractivity contribution < 1.29 is 19.8 Å². The Kier molecular flexibility index (Phi) is 7.47. The number of aromatic nitrogens is 1. The van der Waals surface area contributed by atoms with Crippen LogP contribution < -0.4 is 0 Å². The second kappa shape index (κ2) is 10.5. The zero-order valence-electron chi connectivity index (χ0n) is 18.3. The van der Waals surface area contributed by atoms with Gasteiger partial charge in [0.25, 0.3) is 0 Å². The van der Waals surface area contributed by atoms with Gasteiger partial charge in [0.05, 0.1) is 12.1 Å². The fourth-order valence-electron chi connectivity index (χ4n) is 4.01. The van der Waals surface area contributed by atoms with E-state index >= 15 is 0 Å². The number of hydrogen-bond donors (Lipinski definition) is 2. The lowest BCUT2D eigenvalue weighted by molar-refractivity contribution is -0.128. The van der Waals surface area contributed by atoms with E-state index in [2.05, 4.69) is 42.2 Å². The number of benzene rings is 2. The maximum atomic E-state index is 12.3. The quantitative estimate of drug-likeness (QED) is 0.344. The molecule has 1 fully saturated rings. The first kappa shape index (κ1) is 23.5. The molecule has 4 rings (SSSR count). The van der Waals surface area contributed by atoms with E-state index in [1.54, 1.807) is 6.08 Å². The van der Waals surface area contributed by atoms with E-state index in [4.69, 9.17) is 5.11 Å². The topological polar surface area (TPSA) is 90.7 Å². The molecular weight excluding hydrogens is 456 g/mol. The van der Waals surface area contributed by atoms with Crippen LogP contribution >= 0.6 is 23.1 Å². The minimum atomic E-state index is -1.03. The summed E-state index contributed by atoms with van der Waals surface area (Å²) in [6.07, 6.45) is 4.88. The lowest BCUT2D eigenvalue weighted by Gasteiger charge is -2.22. The van der Waals surface area contributed by atoms with Crippen molar-refractivity contribution in [3.05, 3.63) is 70.8 Å². The lowest BCUT2D eigenvalue weighted by Crippen LogP contribution is -2.33. The smallest absolute Gasteiger partial charge is 0.355 e. The second-order valence-electron chi connectivity index (χ2n) is 8.19. The Balaban J connectivity index is 1.32. The Bertz CT molecular complexity index is 1190. The molecule has 172 valence electrons. The number of likely N-dealkylation sites (tertiary alicyclic amines) is 1. The number of nitrogens with zero attached hydrogens (tertiary/aromatic N) is 2. The number of aromatic carboxylic acids is 1. The fourth-order valence-corrected chi connectivity index (χ4v) is 5.82. The first-order valence-electron chi connectivity index (χ1n) is 10.9. The van der Waals surface area contributed by atoms with Crippen LogP contribution in [0, 0.1) is 6.92 Å². The molecule has 1 saturated heterocycles. The molecule has 2 heterocycles. The van der Waals surface area contributed by atoms with Crippen LogP contribution in [0.5, 0.6) is 0 Å². The number of fused-ring (bicyclic) bond motifs is 1. The summed E-state index contributed by atoms with van der Waals surface area (Å²) >= 11 is 2.75. The molecule has 0 aliphatic carbocycles. The van der Waals surface area contributed by atoms with Gasteiger partial charge in [0.1, 0.15) is 0 Å². The maximum Gasteiger partial charge on any atom is 0.355 e. The Morgan fingerprint density at radius 2 is 2.12 bits per heavy atom. The summed E-state index contributed by atoms with van der Waals surface area (Å²) in [6, 6.07) is 12.6. The molecule has 6 nitrogen and oxygen atoms in total. The van der Waals surface area contributed by atoms with Gasteiger partial charge in [-0.05, 0) is 29.7 Å². The van der Waals surface area contributed by atoms with Crippen LogP contribution in [0.25, 0.3) is 10.8 Å². The van der Waals surface area contributed by atoms with Crippen molar-refractivity contribution in [2.45, 2.75) is 42.7 Å². The van der Waals surface area contributed by atoms with Gasteiger partial charge in [0, 0.05) is 30.5 Å². The third-order valence-corrected chi connectivity index (χ3v) is 7.70. The largest absolute Gasteiger partial charge is 0.476 e. The minimum Gasteiger partial charge on any atom is -0.476 e. The highest BCUT2D eigenvalue weighted by Gasteiger charge is 2.28. The van der Waals surface area contributed by atoms with Gasteiger partial charge in [0.2, 0.25) is 5.91 Å². The summed E-state index contributed by atoms with van der Waals surface area (Å²) in [5, 5.41) is 23.4. The molecule has 0 bridgehead atoms. The highest BCUT2D eigenvalue weighted by Crippen LogP contribution is 2.26. The van der Waals surface area contributed by atoms with E-state index in [0.717, 1.165) is 12.0 Å². The Labute approximate surface area is 201 Å². The fraction of sp³-hybridized carbons (Fsp3) is 0.320. The number of hydrogen-bond acceptors (Lipinski definition) is 6. The number of thiazole rings is 1. The third kappa shape index (κ3) is 6.01. The van der Waals surface area contributed by atoms with E-state index in [1.807, 2.05) is 17.0 Å². The monoisotopic (exact) mass is 482 g/mol. The van der Waals surface area contributed by atoms with Crippen LogP contribution in [0.3, 0.4) is 0 Å². The molecule has 1 aliphatic rings. The van der Waals surface area contributed by atoms with Gasteiger partial charge in [-0.3, -0.25) is 4.79 Å². The Morgan fingerprint density at radius 3 is 2.91 bits per heavy atom. The lowest BCUT2D eigenvalue weighted by atomic mass is 10.0. The molecule has 0 radical (unpaired) electrons. The summed E-state index contributed by atoms with van der Waals surface area (Å²) in [4.78, 5) is 29.2. The average molecular weight is 483 g/mol. The molecule has 1 aliphatic heterocycles. The van der Waals surface area contributed by atoms with Gasteiger partial charge in [-0.25, -0.2) is 9.78 Å². The summed E-state index contributed by atoms with van der Waals surface area (Å²) < 4.78 is 0.687. The van der Waals surface area contributed by atoms with E-state index < -0.39 is 12.1 Å². The van der Waals surface area contributed by atoms with E-state index in [-0.39, 0.29) is 17.6 Å². The summed E-state index contributed by atoms with van der Waals surface area (Å²) in [5.41, 5.74) is 2.34. The number of carboxylic acids is 1. The molecular formula is C25H26N2O4S2. The van der Waals surface area contributed by atoms with Gasteiger partial charge in [-0.1, -0.05) is 65.9 Å². The molecule has 3 aromatic rings. The number of carbonyl (C=O) groups excluding carboxylic acids is 1. The minimum absolute atomic E-state index is 0.0297. The number of carbonyl (C=O) groups is 2. The number of aliphatic hydroxyl groups is 1. The van der Waals surface area contributed by atoms with Crippen LogP contribution in [0.4, 0.5) is 0 Å². The molecule has 0 saturated carbocycles. The van der Waals surface area contributed by atoms with Crippen LogP contribution in [0.1, 0.15) is 34.5 Å². The molecule has 2 aromatic carbocycles. The first-order valence-corrected chi connectivity index (χ1v) is 12.7. The second-order valence-corrected chi connectivity index (χ2v) is 10.4. The third-order valence-electron chi connectivity index (χ3n) is 5.70. The van der Waals surface area contributed by atoms with Gasteiger partial charge in [0.15, 0.2) is 10.0 Å². The molecule has 1 amide bonds. The predicted octanol–water partition coefficient (Wildman–Crippen LogP) is 4.55. The van der Waals surface area contributed by atoms with Crippen LogP contribution in [-0.4, -0.2) is 56.4 Å². The predicted molar refractivity (Wildman–Crippen MR) is 132 cm³/mol. The molecule has 0 spiro atoms. The number of amides is 1. The van der Waals surface area contributed by atoms with Crippen molar-refractivity contribution in [1.29, 1.82) is 0 Å². The molecule has 8 heteroatoms. The van der Waals surface area contributed by atoms with Crippen LogP contribution in [-0.2, 0) is 11.2 Å². The SMILES string of the molecule is Cc1ccc2ccc(C[C@H](O)/C=C/[C@H]3CCC(=O)N3CCSc3nc(C(=O)O)cs3)cc2c1. The van der Waals surface area contributed by atoms with E-state index in [1.165, 1.54) is 44.8 Å². The molecule has 2 N–H and O–H groups in total. The first-order chi connectivity index (χ1) is 15.9. The zero-order valence-corrected chi connectivity index (χ0v) is 19.9. The number of carboxylic acid groups (broad SMARTS) is 1. The van der Waals surface area contributed by atoms with Gasteiger partial charge >= 0.3 is 5.97 Å². The molecule has 1 aromatic heterocycles. The van der Waals surface area contributed by atoms with Crippen molar-refractivity contribution in [1.82, 2.24) is 9.88 Å². The molecule has 2 atom stereocenters. The highest BCUT2D eigenvalue weighted by atomic mass is 32.2. The number of aryl methyl sites for hydroxylation is 1. The van der Waals surface area contributed by atoms with Crippen LogP contribution in [0.15, 0.2) is 58.3 Å². The normalized spacial score (nSPS) is 17.3. The van der Waals surface area contributed by atoms with Gasteiger partial charge < -0.3 is 15.1 Å². The average Bonchev–Trinajstić information content (AvgIpc) is 3.39. The van der Waals surface area contributed by atoms with E-state index in [0.29, 0.717) is 29.5 Å². The van der Waals surface area contributed by atoms with E-state index in [9.17, 15) is 14.7 Å². The van der Waals surface area contributed by atoms with Crippen molar-refractivity contribution in [2.24, 2.45) is 0 Å². The van der Waals surface area contributed by atoms with Crippen molar-refractivity contribution in [3.8, 4) is 0 Å². The summed E-state index contributed by atoms with van der Waals surface area (Å²) in [6.45, 7) is 2.63. The summed E-state index contributed by atoms with van der Waals surface area (Å²) in [5.74, 6) is -0.285. The van der Waals surface area contributed by atoms with Crippen molar-refractivity contribution in [3.63, 3.8) is 0 Å². The number of aliphatic hydroxyl groups excluding tert-OH is 1. The molecule has 33 heavy (non-hydrogen) atoms. The van der Waals surface area contributed by atoms with Crippen molar-refractivity contribution in [2.75, 3.05) is 12.3 Å².